The molecule has 0 aliphatic rings. The molecule has 3 aromatic heterocycles. The summed E-state index contributed by atoms with van der Waals surface area (Å²) in [7, 11) is 0. The van der Waals surface area contributed by atoms with Crippen LogP contribution in [0.4, 0.5) is 0 Å². The first-order valence-electron chi connectivity index (χ1n) is 11.8. The van der Waals surface area contributed by atoms with E-state index in [9.17, 15) is 0 Å². The minimum absolute atomic E-state index is 0.920. The highest BCUT2D eigenvalue weighted by molar-refractivity contribution is 6.24. The van der Waals surface area contributed by atoms with E-state index < -0.39 is 0 Å². The van der Waals surface area contributed by atoms with Gasteiger partial charge in [-0.15, -0.1) is 0 Å². The van der Waals surface area contributed by atoms with Crippen molar-refractivity contribution in [3.05, 3.63) is 116 Å². The largest absolute Gasteiger partial charge is 0.308 e. The Morgan fingerprint density at radius 2 is 1.06 bits per heavy atom. The van der Waals surface area contributed by atoms with Gasteiger partial charge in [0.25, 0.3) is 0 Å². The number of para-hydroxylation sites is 1. The molecule has 35 heavy (non-hydrogen) atoms. The van der Waals surface area contributed by atoms with Crippen LogP contribution in [-0.2, 0) is 0 Å². The van der Waals surface area contributed by atoms with E-state index in [4.69, 9.17) is 0 Å². The molecule has 0 aliphatic carbocycles. The Morgan fingerprint density at radius 1 is 0.429 bits per heavy atom. The molecule has 0 saturated carbocycles. The maximum atomic E-state index is 4.56. The second-order valence-electron chi connectivity index (χ2n) is 9.13. The Kier molecular flexibility index (Phi) is 3.66. The van der Waals surface area contributed by atoms with Crippen molar-refractivity contribution in [2.24, 2.45) is 0 Å². The number of benzene rings is 5. The van der Waals surface area contributed by atoms with Crippen LogP contribution in [0, 0.1) is 0 Å². The monoisotopic (exact) mass is 445 g/mol. The van der Waals surface area contributed by atoms with E-state index in [-0.39, 0.29) is 0 Å². The van der Waals surface area contributed by atoms with Crippen molar-refractivity contribution < 1.29 is 0 Å². The summed E-state index contributed by atoms with van der Waals surface area (Å²) in [6, 6.07) is 37.2. The number of nitrogens with zero attached hydrogens (tertiary/aromatic N) is 3. The summed E-state index contributed by atoms with van der Waals surface area (Å²) in [4.78, 5) is 9.10. The topological polar surface area (TPSA) is 30.2 Å². The Balaban J connectivity index is 1.40. The summed E-state index contributed by atoms with van der Waals surface area (Å²) < 4.78 is 2.40. The first kappa shape index (κ1) is 18.6. The molecule has 0 amide bonds. The van der Waals surface area contributed by atoms with Gasteiger partial charge in [0.15, 0.2) is 0 Å². The highest BCUT2D eigenvalue weighted by Gasteiger charge is 2.18. The molecule has 0 saturated heterocycles. The van der Waals surface area contributed by atoms with Crippen LogP contribution >= 0.6 is 0 Å². The third kappa shape index (κ3) is 2.61. The highest BCUT2D eigenvalue weighted by atomic mass is 14.9. The van der Waals surface area contributed by atoms with E-state index in [1.165, 1.54) is 60.3 Å². The van der Waals surface area contributed by atoms with Gasteiger partial charge in [-0.3, -0.25) is 9.97 Å². The second kappa shape index (κ2) is 6.87. The minimum atomic E-state index is 0.920. The van der Waals surface area contributed by atoms with Gasteiger partial charge in [0, 0.05) is 33.9 Å². The molecule has 162 valence electrons. The Bertz CT molecular complexity index is 2050. The van der Waals surface area contributed by atoms with Crippen LogP contribution in [0.2, 0.25) is 0 Å². The van der Waals surface area contributed by atoms with Gasteiger partial charge >= 0.3 is 0 Å². The van der Waals surface area contributed by atoms with E-state index in [0.29, 0.717) is 0 Å². The van der Waals surface area contributed by atoms with Gasteiger partial charge in [-0.25, -0.2) is 0 Å². The van der Waals surface area contributed by atoms with Crippen LogP contribution in [-0.4, -0.2) is 14.4 Å². The van der Waals surface area contributed by atoms with Gasteiger partial charge < -0.3 is 4.40 Å². The molecule has 8 rings (SSSR count). The van der Waals surface area contributed by atoms with Crippen LogP contribution in [0.3, 0.4) is 0 Å². The quantitative estimate of drug-likeness (QED) is 0.269. The van der Waals surface area contributed by atoms with E-state index in [2.05, 4.69) is 117 Å². The summed E-state index contributed by atoms with van der Waals surface area (Å²) in [5.74, 6) is 0. The lowest BCUT2D eigenvalue weighted by Crippen LogP contribution is -1.85. The predicted octanol–water partition coefficient (Wildman–Crippen LogP) is 8.11. The van der Waals surface area contributed by atoms with Crippen molar-refractivity contribution >= 4 is 49.1 Å². The van der Waals surface area contributed by atoms with Crippen LogP contribution < -0.4 is 0 Å². The smallest absolute Gasteiger partial charge is 0.0908 e. The average molecular weight is 446 g/mol. The van der Waals surface area contributed by atoms with Crippen LogP contribution in [0.1, 0.15) is 0 Å². The zero-order chi connectivity index (χ0) is 22.9. The molecule has 0 aliphatic heterocycles. The molecule has 3 heterocycles. The molecule has 0 spiro atoms. The highest BCUT2D eigenvalue weighted by Crippen LogP contribution is 2.41. The second-order valence-corrected chi connectivity index (χ2v) is 9.13. The Labute approximate surface area is 201 Å². The van der Waals surface area contributed by atoms with Gasteiger partial charge in [0.05, 0.1) is 27.6 Å². The standard InChI is InChI=1S/C32H19N3/c1-2-6-20(7-3-1)21-8-4-9-22(16-21)23-12-13-30-26(17-23)24-10-5-11-25-27-18-28-29(34-15-14-33-28)19-31(27)35(30)32(24)25/h1-19H. The van der Waals surface area contributed by atoms with Gasteiger partial charge in [-0.05, 0) is 52.6 Å². The lowest BCUT2D eigenvalue weighted by Gasteiger charge is -2.07. The molecule has 8 aromatic rings. The fourth-order valence-electron chi connectivity index (χ4n) is 5.63. The van der Waals surface area contributed by atoms with Crippen molar-refractivity contribution in [1.29, 1.82) is 0 Å². The minimum Gasteiger partial charge on any atom is -0.308 e. The van der Waals surface area contributed by atoms with Crippen molar-refractivity contribution in [2.45, 2.75) is 0 Å². The van der Waals surface area contributed by atoms with Crippen LogP contribution in [0.15, 0.2) is 116 Å². The van der Waals surface area contributed by atoms with Crippen molar-refractivity contribution in [1.82, 2.24) is 14.4 Å². The number of fused-ring (bicyclic) bond motifs is 7. The molecule has 0 bridgehead atoms. The first-order valence-corrected chi connectivity index (χ1v) is 11.8. The van der Waals surface area contributed by atoms with Gasteiger partial charge in [-0.1, -0.05) is 72.8 Å². The zero-order valence-corrected chi connectivity index (χ0v) is 18.8. The molecule has 0 atom stereocenters. The molecular weight excluding hydrogens is 426 g/mol. The first-order chi connectivity index (χ1) is 17.3. The molecule has 0 unspecified atom stereocenters. The van der Waals surface area contributed by atoms with Crippen LogP contribution in [0.25, 0.3) is 71.4 Å². The third-order valence-corrected chi connectivity index (χ3v) is 7.21. The molecular formula is C32H19N3. The van der Waals surface area contributed by atoms with E-state index in [0.717, 1.165) is 11.0 Å². The number of rotatable bonds is 2. The lowest BCUT2D eigenvalue weighted by atomic mass is 9.98. The lowest BCUT2D eigenvalue weighted by molar-refractivity contribution is 1.29. The third-order valence-electron chi connectivity index (χ3n) is 7.21. The maximum Gasteiger partial charge on any atom is 0.0908 e. The summed E-state index contributed by atoms with van der Waals surface area (Å²) >= 11 is 0. The SMILES string of the molecule is c1ccc(-c2cccc(-c3ccc4c(c3)c3cccc5c6cc7nccnc7cc6n4c35)c2)cc1. The molecule has 0 radical (unpaired) electrons. The molecule has 3 nitrogen and oxygen atoms in total. The normalized spacial score (nSPS) is 12.0. The van der Waals surface area contributed by atoms with Crippen molar-refractivity contribution in [3.8, 4) is 22.3 Å². The summed E-state index contributed by atoms with van der Waals surface area (Å²) in [6.07, 6.45) is 3.52. The fraction of sp³-hybridized carbons (Fsp3) is 0. The molecule has 0 fully saturated rings. The van der Waals surface area contributed by atoms with Gasteiger partial charge in [0.2, 0.25) is 0 Å². The summed E-state index contributed by atoms with van der Waals surface area (Å²) in [5.41, 5.74) is 10.4. The fourth-order valence-corrected chi connectivity index (χ4v) is 5.63. The summed E-state index contributed by atoms with van der Waals surface area (Å²) in [6.45, 7) is 0. The Hall–Kier alpha value is -4.76. The average Bonchev–Trinajstić information content (AvgIpc) is 3.43. The van der Waals surface area contributed by atoms with Crippen molar-refractivity contribution in [3.63, 3.8) is 0 Å². The number of hydrogen-bond acceptors (Lipinski definition) is 2. The number of hydrogen-bond donors (Lipinski definition) is 0. The maximum absolute atomic E-state index is 4.56. The van der Waals surface area contributed by atoms with Gasteiger partial charge in [0.1, 0.15) is 0 Å². The van der Waals surface area contributed by atoms with E-state index >= 15 is 0 Å². The molecule has 0 N–H and O–H groups in total. The van der Waals surface area contributed by atoms with Crippen molar-refractivity contribution in [2.75, 3.05) is 0 Å². The van der Waals surface area contributed by atoms with E-state index in [1.807, 2.05) is 0 Å². The predicted molar refractivity (Wildman–Crippen MR) is 145 cm³/mol. The molecule has 5 aromatic carbocycles. The van der Waals surface area contributed by atoms with Crippen LogP contribution in [0.5, 0.6) is 0 Å². The Morgan fingerprint density at radius 3 is 1.86 bits per heavy atom. The number of aromatic nitrogens is 3. The van der Waals surface area contributed by atoms with Gasteiger partial charge in [-0.2, -0.15) is 0 Å². The van der Waals surface area contributed by atoms with E-state index in [1.54, 1.807) is 12.4 Å². The molecule has 3 heteroatoms. The zero-order valence-electron chi connectivity index (χ0n) is 18.8. The summed E-state index contributed by atoms with van der Waals surface area (Å²) in [5, 5.41) is 5.03.